The summed E-state index contributed by atoms with van der Waals surface area (Å²) in [7, 11) is 1.26. The van der Waals surface area contributed by atoms with Crippen LogP contribution in [0.5, 0.6) is 0 Å². The van der Waals surface area contributed by atoms with Gasteiger partial charge in [-0.25, -0.2) is 4.39 Å². The van der Waals surface area contributed by atoms with Crippen molar-refractivity contribution in [2.45, 2.75) is 36.8 Å². The van der Waals surface area contributed by atoms with Crippen LogP contribution in [-0.2, 0) is 9.47 Å². The fourth-order valence-electron chi connectivity index (χ4n) is 2.18. The van der Waals surface area contributed by atoms with E-state index >= 15 is 0 Å². The average Bonchev–Trinajstić information content (AvgIpc) is 2.45. The lowest BCUT2D eigenvalue weighted by atomic mass is 9.92. The quantitative estimate of drug-likeness (QED) is 0.588. The van der Waals surface area contributed by atoms with Gasteiger partial charge >= 0.3 is 0 Å². The number of ether oxygens (including phenoxy) is 2. The van der Waals surface area contributed by atoms with E-state index in [1.807, 2.05) is 0 Å². The lowest BCUT2D eigenvalue weighted by Crippen LogP contribution is -2.59. The SMILES string of the molecule is CO[C@H]1O[C@H]([C@H](O)c2ccc(F)cc2)[C@@H](O)[C@H](O)[C@H]1O. The smallest absolute Gasteiger partial charge is 0.186 e. The Hall–Kier alpha value is -1.09. The minimum absolute atomic E-state index is 0.314. The summed E-state index contributed by atoms with van der Waals surface area (Å²) >= 11 is 0. The van der Waals surface area contributed by atoms with E-state index in [0.717, 1.165) is 12.1 Å². The number of aliphatic hydroxyl groups excluding tert-OH is 4. The number of aliphatic hydroxyl groups is 4. The largest absolute Gasteiger partial charge is 0.387 e. The van der Waals surface area contributed by atoms with Crippen LogP contribution in [0, 0.1) is 5.82 Å². The molecule has 0 saturated carbocycles. The van der Waals surface area contributed by atoms with Crippen molar-refractivity contribution in [2.24, 2.45) is 0 Å². The molecule has 0 aliphatic carbocycles. The van der Waals surface area contributed by atoms with E-state index in [2.05, 4.69) is 0 Å². The fourth-order valence-corrected chi connectivity index (χ4v) is 2.18. The third-order valence-electron chi connectivity index (χ3n) is 3.36. The molecule has 6 nitrogen and oxygen atoms in total. The van der Waals surface area contributed by atoms with E-state index in [1.165, 1.54) is 19.2 Å². The Balaban J connectivity index is 2.19. The molecule has 4 N–H and O–H groups in total. The molecule has 1 aliphatic rings. The summed E-state index contributed by atoms with van der Waals surface area (Å²) in [5.41, 5.74) is 0.314. The van der Waals surface area contributed by atoms with Crippen molar-refractivity contribution < 1.29 is 34.3 Å². The molecular formula is C13H17FO6. The number of benzene rings is 1. The molecule has 1 fully saturated rings. The molecule has 0 radical (unpaired) electrons. The second-order valence-corrected chi connectivity index (χ2v) is 4.67. The van der Waals surface area contributed by atoms with Crippen LogP contribution in [0.25, 0.3) is 0 Å². The molecule has 0 bridgehead atoms. The zero-order chi connectivity index (χ0) is 14.9. The van der Waals surface area contributed by atoms with Gasteiger partial charge in [0.1, 0.15) is 36.3 Å². The maximum absolute atomic E-state index is 12.8. The Morgan fingerprint density at radius 3 is 2.25 bits per heavy atom. The molecule has 0 aromatic heterocycles. The highest BCUT2D eigenvalue weighted by molar-refractivity contribution is 5.20. The summed E-state index contributed by atoms with van der Waals surface area (Å²) in [5, 5.41) is 39.4. The van der Waals surface area contributed by atoms with Gasteiger partial charge in [0, 0.05) is 7.11 Å². The van der Waals surface area contributed by atoms with E-state index in [0.29, 0.717) is 5.56 Å². The van der Waals surface area contributed by atoms with Crippen LogP contribution in [0.15, 0.2) is 24.3 Å². The predicted octanol–water partition coefficient (Wildman–Crippen LogP) is -0.687. The molecule has 0 spiro atoms. The monoisotopic (exact) mass is 288 g/mol. The zero-order valence-corrected chi connectivity index (χ0v) is 10.8. The van der Waals surface area contributed by atoms with Crippen molar-refractivity contribution in [3.63, 3.8) is 0 Å². The average molecular weight is 288 g/mol. The van der Waals surface area contributed by atoms with Gasteiger partial charge in [-0.2, -0.15) is 0 Å². The van der Waals surface area contributed by atoms with Crippen LogP contribution in [-0.4, -0.2) is 58.2 Å². The molecule has 112 valence electrons. The molecule has 7 heteroatoms. The van der Waals surface area contributed by atoms with Crippen LogP contribution in [0.3, 0.4) is 0 Å². The molecule has 6 atom stereocenters. The highest BCUT2D eigenvalue weighted by atomic mass is 19.1. The second-order valence-electron chi connectivity index (χ2n) is 4.67. The van der Waals surface area contributed by atoms with E-state index in [1.54, 1.807) is 0 Å². The maximum atomic E-state index is 12.8. The van der Waals surface area contributed by atoms with E-state index < -0.39 is 42.6 Å². The van der Waals surface area contributed by atoms with Crippen LogP contribution in [0.4, 0.5) is 4.39 Å². The molecule has 20 heavy (non-hydrogen) atoms. The zero-order valence-electron chi connectivity index (χ0n) is 10.8. The number of rotatable bonds is 3. The van der Waals surface area contributed by atoms with E-state index in [-0.39, 0.29) is 0 Å². The molecule has 1 heterocycles. The van der Waals surface area contributed by atoms with Crippen molar-refractivity contribution in [2.75, 3.05) is 7.11 Å². The van der Waals surface area contributed by atoms with Gasteiger partial charge < -0.3 is 29.9 Å². The minimum atomic E-state index is -1.52. The maximum Gasteiger partial charge on any atom is 0.186 e. The number of hydrogen-bond donors (Lipinski definition) is 4. The highest BCUT2D eigenvalue weighted by Gasteiger charge is 2.46. The summed E-state index contributed by atoms with van der Waals surface area (Å²) in [4.78, 5) is 0. The van der Waals surface area contributed by atoms with Gasteiger partial charge in [0.05, 0.1) is 0 Å². The third kappa shape index (κ3) is 2.83. The van der Waals surface area contributed by atoms with Gasteiger partial charge in [0.2, 0.25) is 0 Å². The normalized spacial score (nSPS) is 35.8. The lowest BCUT2D eigenvalue weighted by molar-refractivity contribution is -0.305. The first-order valence-corrected chi connectivity index (χ1v) is 6.11. The standard InChI is InChI=1S/C13H17FO6/c1-19-13-11(18)9(16)10(17)12(20-13)8(15)6-2-4-7(14)5-3-6/h2-5,8-13,15-18H,1H3/t8-,9+,10+,11-,12-,13+/m1/s1. The number of methoxy groups -OCH3 is 1. The van der Waals surface area contributed by atoms with Crippen molar-refractivity contribution >= 4 is 0 Å². The summed E-state index contributed by atoms with van der Waals surface area (Å²) in [6.45, 7) is 0. The highest BCUT2D eigenvalue weighted by Crippen LogP contribution is 2.30. The Kier molecular flexibility index (Phi) is 4.69. The van der Waals surface area contributed by atoms with Gasteiger partial charge in [-0.15, -0.1) is 0 Å². The predicted molar refractivity (Wildman–Crippen MR) is 65.1 cm³/mol. The Morgan fingerprint density at radius 1 is 1.10 bits per heavy atom. The molecule has 0 unspecified atom stereocenters. The molecule has 1 aromatic rings. The topological polar surface area (TPSA) is 99.4 Å². The summed E-state index contributed by atoms with van der Waals surface area (Å²) in [5.74, 6) is -0.462. The van der Waals surface area contributed by atoms with Crippen LogP contribution in [0.2, 0.25) is 0 Å². The molecule has 1 saturated heterocycles. The fraction of sp³-hybridized carbons (Fsp3) is 0.538. The Labute approximate surface area is 115 Å². The molecule has 2 rings (SSSR count). The molecule has 0 amide bonds. The van der Waals surface area contributed by atoms with Crippen LogP contribution in [0.1, 0.15) is 11.7 Å². The first kappa shape index (κ1) is 15.3. The summed E-state index contributed by atoms with van der Waals surface area (Å²) in [6.07, 6.45) is -8.13. The van der Waals surface area contributed by atoms with E-state index in [9.17, 15) is 24.8 Å². The van der Waals surface area contributed by atoms with Crippen LogP contribution >= 0.6 is 0 Å². The van der Waals surface area contributed by atoms with Crippen molar-refractivity contribution in [1.82, 2.24) is 0 Å². The van der Waals surface area contributed by atoms with Gasteiger partial charge in [0.15, 0.2) is 6.29 Å². The Bertz CT molecular complexity index is 437. The van der Waals surface area contributed by atoms with Gasteiger partial charge in [-0.05, 0) is 17.7 Å². The molecular weight excluding hydrogens is 271 g/mol. The second kappa shape index (κ2) is 6.13. The first-order valence-electron chi connectivity index (χ1n) is 6.11. The Morgan fingerprint density at radius 2 is 1.70 bits per heavy atom. The van der Waals surface area contributed by atoms with Crippen LogP contribution < -0.4 is 0 Å². The number of halogens is 1. The minimum Gasteiger partial charge on any atom is -0.387 e. The van der Waals surface area contributed by atoms with E-state index in [4.69, 9.17) is 9.47 Å². The van der Waals surface area contributed by atoms with Crippen molar-refractivity contribution in [1.29, 1.82) is 0 Å². The third-order valence-corrected chi connectivity index (χ3v) is 3.36. The van der Waals surface area contributed by atoms with Crippen molar-refractivity contribution in [3.05, 3.63) is 35.6 Å². The number of hydrogen-bond acceptors (Lipinski definition) is 6. The molecule has 1 aromatic carbocycles. The van der Waals surface area contributed by atoms with Crippen molar-refractivity contribution in [3.8, 4) is 0 Å². The molecule has 1 aliphatic heterocycles. The summed E-state index contributed by atoms with van der Waals surface area (Å²) < 4.78 is 22.9. The van der Waals surface area contributed by atoms with Gasteiger partial charge in [-0.1, -0.05) is 12.1 Å². The van der Waals surface area contributed by atoms with Gasteiger partial charge in [0.25, 0.3) is 0 Å². The lowest BCUT2D eigenvalue weighted by Gasteiger charge is -2.41. The van der Waals surface area contributed by atoms with Gasteiger partial charge in [-0.3, -0.25) is 0 Å². The summed E-state index contributed by atoms with van der Waals surface area (Å²) in [6, 6.07) is 5.00. The first-order chi connectivity index (χ1) is 9.45.